The van der Waals surface area contributed by atoms with Crippen molar-refractivity contribution >= 4 is 33.2 Å². The van der Waals surface area contributed by atoms with Crippen LogP contribution in [0.3, 0.4) is 0 Å². The van der Waals surface area contributed by atoms with Crippen molar-refractivity contribution < 1.29 is 8.42 Å². The molecule has 0 aromatic heterocycles. The van der Waals surface area contributed by atoms with Crippen molar-refractivity contribution in [3.63, 3.8) is 0 Å². The van der Waals surface area contributed by atoms with E-state index in [9.17, 15) is 8.42 Å². The van der Waals surface area contributed by atoms with Gasteiger partial charge in [-0.25, -0.2) is 13.6 Å². The second-order valence-electron chi connectivity index (χ2n) is 3.90. The molecule has 2 aromatic carbocycles. The number of hydrogen-bond acceptors (Lipinski definition) is 4. The molecule has 18 heavy (non-hydrogen) atoms. The molecule has 3 rings (SSSR count). The normalized spacial score (nSPS) is 13.4. The van der Waals surface area contributed by atoms with Crippen LogP contribution in [0.25, 0.3) is 0 Å². The lowest BCUT2D eigenvalue weighted by molar-refractivity contribution is 0.598. The predicted molar refractivity (Wildman–Crippen MR) is 71.7 cm³/mol. The van der Waals surface area contributed by atoms with Crippen LogP contribution in [0.4, 0.5) is 11.4 Å². The van der Waals surface area contributed by atoms with Crippen LogP contribution >= 0.6 is 11.8 Å². The fourth-order valence-electron chi connectivity index (χ4n) is 1.87. The molecule has 0 fully saturated rings. The van der Waals surface area contributed by atoms with Crippen molar-refractivity contribution in [3.8, 4) is 0 Å². The third-order valence-corrected chi connectivity index (χ3v) is 4.75. The fraction of sp³-hybridized carbons (Fsp3) is 0. The number of benzene rings is 2. The van der Waals surface area contributed by atoms with Gasteiger partial charge >= 0.3 is 0 Å². The minimum atomic E-state index is -3.72. The third kappa shape index (κ3) is 1.88. The van der Waals surface area contributed by atoms with Crippen LogP contribution in [-0.2, 0) is 10.0 Å². The van der Waals surface area contributed by atoms with Crippen molar-refractivity contribution in [1.29, 1.82) is 0 Å². The highest BCUT2D eigenvalue weighted by atomic mass is 32.2. The standard InChI is InChI=1S/C12H10N2O2S2/c13-18(15,16)11-7-3-6-10-12(11)14-8-4-1-2-5-9(8)17-10/h1-7,14H,(H2,13,15,16). The topological polar surface area (TPSA) is 72.2 Å². The first-order valence-corrected chi connectivity index (χ1v) is 7.62. The largest absolute Gasteiger partial charge is 0.353 e. The number of rotatable bonds is 1. The van der Waals surface area contributed by atoms with Gasteiger partial charge in [0.25, 0.3) is 0 Å². The Morgan fingerprint density at radius 2 is 1.72 bits per heavy atom. The fourth-order valence-corrected chi connectivity index (χ4v) is 3.67. The Morgan fingerprint density at radius 1 is 1.00 bits per heavy atom. The Hall–Kier alpha value is -1.50. The van der Waals surface area contributed by atoms with Crippen molar-refractivity contribution in [2.75, 3.05) is 5.32 Å². The summed E-state index contributed by atoms with van der Waals surface area (Å²) in [4.78, 5) is 2.05. The van der Waals surface area contributed by atoms with Gasteiger partial charge in [0.2, 0.25) is 10.0 Å². The zero-order valence-corrected chi connectivity index (χ0v) is 10.9. The zero-order chi connectivity index (χ0) is 12.8. The van der Waals surface area contributed by atoms with Gasteiger partial charge in [-0.2, -0.15) is 0 Å². The second-order valence-corrected chi connectivity index (χ2v) is 6.51. The molecule has 0 aliphatic carbocycles. The van der Waals surface area contributed by atoms with Crippen LogP contribution in [-0.4, -0.2) is 8.42 Å². The monoisotopic (exact) mass is 278 g/mol. The summed E-state index contributed by atoms with van der Waals surface area (Å²) in [5.41, 5.74) is 1.45. The molecule has 0 spiro atoms. The van der Waals surface area contributed by atoms with E-state index in [4.69, 9.17) is 5.14 Å². The summed E-state index contributed by atoms with van der Waals surface area (Å²) in [6.45, 7) is 0. The number of primary sulfonamides is 1. The summed E-state index contributed by atoms with van der Waals surface area (Å²) in [7, 11) is -3.72. The van der Waals surface area contributed by atoms with Gasteiger partial charge in [-0.1, -0.05) is 30.0 Å². The maximum absolute atomic E-state index is 11.5. The molecule has 6 heteroatoms. The summed E-state index contributed by atoms with van der Waals surface area (Å²) < 4.78 is 23.1. The molecule has 0 saturated heterocycles. The van der Waals surface area contributed by atoms with Crippen molar-refractivity contribution in [2.24, 2.45) is 5.14 Å². The molecular weight excluding hydrogens is 268 g/mol. The third-order valence-electron chi connectivity index (χ3n) is 2.66. The highest BCUT2D eigenvalue weighted by molar-refractivity contribution is 7.99. The van der Waals surface area contributed by atoms with E-state index in [-0.39, 0.29) is 4.90 Å². The highest BCUT2D eigenvalue weighted by Crippen LogP contribution is 2.45. The lowest BCUT2D eigenvalue weighted by atomic mass is 10.2. The summed E-state index contributed by atoms with van der Waals surface area (Å²) >= 11 is 1.53. The van der Waals surface area contributed by atoms with Gasteiger partial charge in [-0.05, 0) is 24.3 Å². The zero-order valence-electron chi connectivity index (χ0n) is 9.25. The van der Waals surface area contributed by atoms with Crippen LogP contribution in [0.15, 0.2) is 57.2 Å². The van der Waals surface area contributed by atoms with E-state index in [2.05, 4.69) is 5.32 Å². The molecule has 3 N–H and O–H groups in total. The summed E-state index contributed by atoms with van der Waals surface area (Å²) in [6.07, 6.45) is 0. The SMILES string of the molecule is NS(=O)(=O)c1cccc2c1Nc1ccccc1S2. The van der Waals surface area contributed by atoms with Crippen molar-refractivity contribution in [1.82, 2.24) is 0 Å². The molecule has 0 atom stereocenters. The molecule has 0 amide bonds. The number of nitrogens with two attached hydrogens (primary N) is 1. The molecule has 0 bridgehead atoms. The van der Waals surface area contributed by atoms with E-state index in [0.717, 1.165) is 15.5 Å². The summed E-state index contributed by atoms with van der Waals surface area (Å²) in [5.74, 6) is 0. The molecule has 0 radical (unpaired) electrons. The number of nitrogens with one attached hydrogen (secondary N) is 1. The number of hydrogen-bond donors (Lipinski definition) is 2. The molecule has 0 unspecified atom stereocenters. The predicted octanol–water partition coefficient (Wildman–Crippen LogP) is 2.54. The van der Waals surface area contributed by atoms with Gasteiger partial charge in [-0.15, -0.1) is 0 Å². The molecule has 4 nitrogen and oxygen atoms in total. The maximum atomic E-state index is 11.5. The molecule has 1 heterocycles. The summed E-state index contributed by atoms with van der Waals surface area (Å²) in [5, 5.41) is 8.36. The highest BCUT2D eigenvalue weighted by Gasteiger charge is 2.22. The van der Waals surface area contributed by atoms with Crippen molar-refractivity contribution in [2.45, 2.75) is 14.7 Å². The Kier molecular flexibility index (Phi) is 2.58. The van der Waals surface area contributed by atoms with Crippen LogP contribution < -0.4 is 10.5 Å². The van der Waals surface area contributed by atoms with Gasteiger partial charge in [0.1, 0.15) is 4.90 Å². The Balaban J connectivity index is 2.20. The van der Waals surface area contributed by atoms with Crippen LogP contribution in [0.1, 0.15) is 0 Å². The first kappa shape index (κ1) is 11.6. The molecule has 1 aliphatic heterocycles. The molecule has 2 aromatic rings. The first-order chi connectivity index (χ1) is 8.55. The van der Waals surface area contributed by atoms with E-state index in [1.54, 1.807) is 6.07 Å². The Morgan fingerprint density at radius 3 is 2.50 bits per heavy atom. The van der Waals surface area contributed by atoms with E-state index in [1.165, 1.54) is 17.8 Å². The van der Waals surface area contributed by atoms with E-state index < -0.39 is 10.0 Å². The molecule has 92 valence electrons. The molecule has 1 aliphatic rings. The Labute approximate surface area is 109 Å². The minimum Gasteiger partial charge on any atom is -0.353 e. The van der Waals surface area contributed by atoms with Crippen molar-refractivity contribution in [3.05, 3.63) is 42.5 Å². The molecular formula is C12H10N2O2S2. The van der Waals surface area contributed by atoms with Gasteiger partial charge in [0.05, 0.1) is 11.4 Å². The van der Waals surface area contributed by atoms with Crippen LogP contribution in [0, 0.1) is 0 Å². The number of sulfonamides is 1. The molecule has 0 saturated carbocycles. The lowest BCUT2D eigenvalue weighted by Crippen LogP contribution is -2.15. The van der Waals surface area contributed by atoms with Gasteiger partial charge < -0.3 is 5.32 Å². The summed E-state index contributed by atoms with van der Waals surface area (Å²) in [6, 6.07) is 12.8. The number of anilines is 2. The maximum Gasteiger partial charge on any atom is 0.240 e. The first-order valence-electron chi connectivity index (χ1n) is 5.25. The minimum absolute atomic E-state index is 0.127. The Bertz CT molecular complexity index is 727. The van der Waals surface area contributed by atoms with Crippen LogP contribution in [0.2, 0.25) is 0 Å². The van der Waals surface area contributed by atoms with Gasteiger partial charge in [-0.3, -0.25) is 0 Å². The van der Waals surface area contributed by atoms with Gasteiger partial charge in [0, 0.05) is 9.79 Å². The number of para-hydroxylation sites is 2. The lowest BCUT2D eigenvalue weighted by Gasteiger charge is -2.22. The smallest absolute Gasteiger partial charge is 0.240 e. The average Bonchev–Trinajstić information content (AvgIpc) is 2.34. The van der Waals surface area contributed by atoms with Gasteiger partial charge in [0.15, 0.2) is 0 Å². The van der Waals surface area contributed by atoms with Crippen LogP contribution in [0.5, 0.6) is 0 Å². The average molecular weight is 278 g/mol. The van der Waals surface area contributed by atoms with E-state index in [1.807, 2.05) is 30.3 Å². The quantitative estimate of drug-likeness (QED) is 0.717. The second kappa shape index (κ2) is 4.01. The van der Waals surface area contributed by atoms with E-state index in [0.29, 0.717) is 5.69 Å². The number of fused-ring (bicyclic) bond motifs is 2. The van der Waals surface area contributed by atoms with E-state index >= 15 is 0 Å².